The van der Waals surface area contributed by atoms with Crippen LogP contribution in [0.15, 0.2) is 24.8 Å². The summed E-state index contributed by atoms with van der Waals surface area (Å²) in [6.45, 7) is 1.50. The van der Waals surface area contributed by atoms with Gasteiger partial charge < -0.3 is 0 Å². The minimum atomic E-state index is -0.691. The third kappa shape index (κ3) is 1.88. The molecule has 1 aromatic heterocycles. The SMILES string of the molecule is Cc1cc(-n2cncn2)c([N+](=O)[O-])cc1[N+](=O)[O-]. The molecule has 0 N–H and O–H groups in total. The average molecular weight is 249 g/mol. The van der Waals surface area contributed by atoms with Crippen molar-refractivity contribution in [3.05, 3.63) is 50.6 Å². The van der Waals surface area contributed by atoms with E-state index in [1.165, 1.54) is 30.3 Å². The maximum Gasteiger partial charge on any atom is 0.301 e. The number of benzene rings is 1. The van der Waals surface area contributed by atoms with E-state index in [-0.39, 0.29) is 11.4 Å². The number of rotatable bonds is 3. The van der Waals surface area contributed by atoms with Crippen molar-refractivity contribution < 1.29 is 9.85 Å². The minimum Gasteiger partial charge on any atom is -0.258 e. The lowest BCUT2D eigenvalue weighted by Gasteiger charge is -2.04. The fourth-order valence-electron chi connectivity index (χ4n) is 1.53. The van der Waals surface area contributed by atoms with Crippen LogP contribution < -0.4 is 0 Å². The van der Waals surface area contributed by atoms with Crippen LogP contribution in [-0.4, -0.2) is 24.6 Å². The number of aromatic nitrogens is 3. The van der Waals surface area contributed by atoms with Crippen LogP contribution in [0, 0.1) is 27.2 Å². The van der Waals surface area contributed by atoms with Crippen LogP contribution in [-0.2, 0) is 0 Å². The van der Waals surface area contributed by atoms with Crippen LogP contribution in [0.25, 0.3) is 5.69 Å². The van der Waals surface area contributed by atoms with Gasteiger partial charge in [-0.3, -0.25) is 20.2 Å². The smallest absolute Gasteiger partial charge is 0.258 e. The number of nitro groups is 2. The molecule has 2 rings (SSSR count). The summed E-state index contributed by atoms with van der Waals surface area (Å²) in [5, 5.41) is 25.4. The predicted molar refractivity (Wildman–Crippen MR) is 59.4 cm³/mol. The van der Waals surface area contributed by atoms with Crippen LogP contribution in [0.1, 0.15) is 5.56 Å². The van der Waals surface area contributed by atoms with Gasteiger partial charge in [0.05, 0.1) is 15.9 Å². The summed E-state index contributed by atoms with van der Waals surface area (Å²) in [5.41, 5.74) is -0.236. The van der Waals surface area contributed by atoms with Crippen molar-refractivity contribution in [2.45, 2.75) is 6.92 Å². The van der Waals surface area contributed by atoms with Gasteiger partial charge in [-0.05, 0) is 13.0 Å². The molecule has 0 fully saturated rings. The van der Waals surface area contributed by atoms with Gasteiger partial charge in [-0.1, -0.05) is 0 Å². The normalized spacial score (nSPS) is 10.3. The van der Waals surface area contributed by atoms with Gasteiger partial charge in [-0.15, -0.1) is 0 Å². The van der Waals surface area contributed by atoms with E-state index in [1.807, 2.05) is 0 Å². The third-order valence-corrected chi connectivity index (χ3v) is 2.35. The van der Waals surface area contributed by atoms with Gasteiger partial charge in [0.1, 0.15) is 18.3 Å². The van der Waals surface area contributed by atoms with Gasteiger partial charge in [-0.25, -0.2) is 9.67 Å². The maximum atomic E-state index is 10.9. The van der Waals surface area contributed by atoms with Crippen molar-refractivity contribution in [1.82, 2.24) is 14.8 Å². The first-order valence-electron chi connectivity index (χ1n) is 4.79. The highest BCUT2D eigenvalue weighted by molar-refractivity contribution is 5.61. The van der Waals surface area contributed by atoms with Crippen LogP contribution >= 0.6 is 0 Å². The lowest BCUT2D eigenvalue weighted by atomic mass is 10.1. The van der Waals surface area contributed by atoms with Gasteiger partial charge in [-0.2, -0.15) is 5.10 Å². The molecule has 0 atom stereocenters. The zero-order chi connectivity index (χ0) is 13.3. The Morgan fingerprint density at radius 1 is 1.17 bits per heavy atom. The summed E-state index contributed by atoms with van der Waals surface area (Å²) < 4.78 is 1.19. The van der Waals surface area contributed by atoms with E-state index in [1.54, 1.807) is 0 Å². The molecule has 0 radical (unpaired) electrons. The van der Waals surface area contributed by atoms with E-state index >= 15 is 0 Å². The Kier molecular flexibility index (Phi) is 2.72. The van der Waals surface area contributed by atoms with E-state index < -0.39 is 15.5 Å². The molecule has 2 aromatic rings. The molecule has 1 heterocycles. The highest BCUT2D eigenvalue weighted by Crippen LogP contribution is 2.30. The van der Waals surface area contributed by atoms with Gasteiger partial charge in [0.2, 0.25) is 0 Å². The third-order valence-electron chi connectivity index (χ3n) is 2.35. The number of nitrogens with zero attached hydrogens (tertiary/aromatic N) is 5. The molecule has 18 heavy (non-hydrogen) atoms. The first kappa shape index (κ1) is 11.6. The van der Waals surface area contributed by atoms with Crippen LogP contribution in [0.5, 0.6) is 0 Å². The lowest BCUT2D eigenvalue weighted by molar-refractivity contribution is -0.394. The molecule has 0 aliphatic carbocycles. The van der Waals surface area contributed by atoms with Gasteiger partial charge in [0.15, 0.2) is 0 Å². The molecule has 92 valence electrons. The molecule has 0 saturated heterocycles. The zero-order valence-corrected chi connectivity index (χ0v) is 9.18. The van der Waals surface area contributed by atoms with Gasteiger partial charge in [0, 0.05) is 5.56 Å². The van der Waals surface area contributed by atoms with E-state index in [4.69, 9.17) is 0 Å². The molecular formula is C9H7N5O4. The second kappa shape index (κ2) is 4.20. The van der Waals surface area contributed by atoms with Gasteiger partial charge >= 0.3 is 5.69 Å². The predicted octanol–water partition coefficient (Wildman–Crippen LogP) is 1.39. The number of nitro benzene ring substituents is 2. The van der Waals surface area contributed by atoms with Crippen molar-refractivity contribution in [3.63, 3.8) is 0 Å². The fourth-order valence-corrected chi connectivity index (χ4v) is 1.53. The number of aryl methyl sites for hydroxylation is 1. The van der Waals surface area contributed by atoms with Crippen molar-refractivity contribution in [3.8, 4) is 5.69 Å². The number of hydrogen-bond acceptors (Lipinski definition) is 6. The summed E-state index contributed by atoms with van der Waals surface area (Å²) in [6, 6.07) is 2.26. The van der Waals surface area contributed by atoms with E-state index in [0.29, 0.717) is 5.56 Å². The molecule has 1 aromatic carbocycles. The van der Waals surface area contributed by atoms with Crippen molar-refractivity contribution in [2.75, 3.05) is 0 Å². The molecule has 0 amide bonds. The van der Waals surface area contributed by atoms with E-state index in [2.05, 4.69) is 10.1 Å². The van der Waals surface area contributed by atoms with Crippen LogP contribution in [0.3, 0.4) is 0 Å². The second-order valence-electron chi connectivity index (χ2n) is 3.48. The largest absolute Gasteiger partial charge is 0.301 e. The topological polar surface area (TPSA) is 117 Å². The monoisotopic (exact) mass is 249 g/mol. The summed E-state index contributed by atoms with van der Waals surface area (Å²) in [7, 11) is 0. The summed E-state index contributed by atoms with van der Waals surface area (Å²) in [4.78, 5) is 24.0. The maximum absolute atomic E-state index is 10.9. The highest BCUT2D eigenvalue weighted by atomic mass is 16.6. The molecule has 0 bridgehead atoms. The van der Waals surface area contributed by atoms with Crippen molar-refractivity contribution >= 4 is 11.4 Å². The molecule has 9 heteroatoms. The number of hydrogen-bond donors (Lipinski definition) is 0. The van der Waals surface area contributed by atoms with E-state index in [9.17, 15) is 20.2 Å². The standard InChI is InChI=1S/C9H7N5O4/c1-6-2-8(12-5-10-4-11-12)9(14(17)18)3-7(6)13(15)16/h2-5H,1H3. The molecule has 9 nitrogen and oxygen atoms in total. The molecule has 0 aliphatic rings. The summed E-state index contributed by atoms with van der Waals surface area (Å²) in [5.74, 6) is 0. The second-order valence-corrected chi connectivity index (χ2v) is 3.48. The molecule has 0 saturated carbocycles. The average Bonchev–Trinajstić information content (AvgIpc) is 2.80. The van der Waals surface area contributed by atoms with Crippen molar-refractivity contribution in [2.24, 2.45) is 0 Å². The Morgan fingerprint density at radius 3 is 2.33 bits per heavy atom. The van der Waals surface area contributed by atoms with Crippen LogP contribution in [0.2, 0.25) is 0 Å². The first-order chi connectivity index (χ1) is 8.50. The Bertz CT molecular complexity index is 622. The Balaban J connectivity index is 2.70. The summed E-state index contributed by atoms with van der Waals surface area (Å²) in [6.07, 6.45) is 2.51. The molecule has 0 aliphatic heterocycles. The zero-order valence-electron chi connectivity index (χ0n) is 9.18. The lowest BCUT2D eigenvalue weighted by Crippen LogP contribution is -2.03. The Hall–Kier alpha value is -2.84. The fraction of sp³-hybridized carbons (Fsp3) is 0.111. The summed E-state index contributed by atoms with van der Waals surface area (Å²) >= 11 is 0. The highest BCUT2D eigenvalue weighted by Gasteiger charge is 2.23. The quantitative estimate of drug-likeness (QED) is 0.599. The van der Waals surface area contributed by atoms with Crippen LogP contribution in [0.4, 0.5) is 11.4 Å². The minimum absolute atomic E-state index is 0.139. The Morgan fingerprint density at radius 2 is 1.83 bits per heavy atom. The molecule has 0 unspecified atom stereocenters. The molecular weight excluding hydrogens is 242 g/mol. The first-order valence-corrected chi connectivity index (χ1v) is 4.79. The van der Waals surface area contributed by atoms with Gasteiger partial charge in [0.25, 0.3) is 5.69 Å². The molecule has 0 spiro atoms. The Labute approximate surface area is 100.0 Å². The van der Waals surface area contributed by atoms with E-state index in [0.717, 1.165) is 6.07 Å². The van der Waals surface area contributed by atoms with Crippen molar-refractivity contribution in [1.29, 1.82) is 0 Å².